The third-order valence-electron chi connectivity index (χ3n) is 15.6. The summed E-state index contributed by atoms with van der Waals surface area (Å²) in [5.41, 5.74) is 0. The van der Waals surface area contributed by atoms with Crippen molar-refractivity contribution in [3.63, 3.8) is 0 Å². The summed E-state index contributed by atoms with van der Waals surface area (Å²) in [5, 5.41) is 0. The fourth-order valence-corrected chi connectivity index (χ4v) is 10.3. The van der Waals surface area contributed by atoms with Gasteiger partial charge in [-0.25, -0.2) is 0 Å². The molecule has 0 aromatic heterocycles. The monoisotopic (exact) mass is 1090 g/mol. The molecule has 0 N–H and O–H groups in total. The Balaban J connectivity index is 4.31. The zero-order valence-corrected chi connectivity index (χ0v) is 52.5. The van der Waals surface area contributed by atoms with Gasteiger partial charge < -0.3 is 14.2 Å². The Kier molecular flexibility index (Phi) is 64.6. The highest BCUT2D eigenvalue weighted by atomic mass is 16.6. The summed E-state index contributed by atoms with van der Waals surface area (Å²) in [6.07, 6.45) is 84.1. The molecule has 6 heteroatoms. The Morgan fingerprint density at radius 1 is 0.256 bits per heavy atom. The standard InChI is InChI=1S/C72H132O6/c1-4-7-10-13-16-19-22-25-28-30-32-34-36-38-40-42-44-47-50-53-56-59-62-65-71(74)77-68-69(67-76-70(73)64-61-58-55-52-49-46-27-24-21-18-15-12-9-6-3)78-72(75)66-63-60-57-54-51-48-45-43-41-39-37-35-33-31-29-26-23-20-17-14-11-8-5-2/h22,25,30-33,36,38,69H,4-21,23-24,26-29,34-35,37,39-68H2,1-3H3/b25-22-,32-30-,33-31-,38-36-. The van der Waals surface area contributed by atoms with E-state index in [1.54, 1.807) is 0 Å². The topological polar surface area (TPSA) is 78.9 Å². The van der Waals surface area contributed by atoms with Gasteiger partial charge in [0.05, 0.1) is 0 Å². The minimum atomic E-state index is -0.776. The van der Waals surface area contributed by atoms with Crippen LogP contribution in [0.3, 0.4) is 0 Å². The molecule has 0 bridgehead atoms. The van der Waals surface area contributed by atoms with Crippen LogP contribution >= 0.6 is 0 Å². The lowest BCUT2D eigenvalue weighted by atomic mass is 10.0. The summed E-state index contributed by atoms with van der Waals surface area (Å²) < 4.78 is 17.0. The van der Waals surface area contributed by atoms with Crippen molar-refractivity contribution < 1.29 is 28.6 Å². The molecule has 6 nitrogen and oxygen atoms in total. The van der Waals surface area contributed by atoms with Crippen LogP contribution in [0.15, 0.2) is 48.6 Å². The first kappa shape index (κ1) is 75.4. The van der Waals surface area contributed by atoms with E-state index in [1.165, 1.54) is 257 Å². The number of unbranched alkanes of at least 4 members (excludes halogenated alkanes) is 45. The number of ether oxygens (including phenoxy) is 3. The molecule has 0 rings (SSSR count). The van der Waals surface area contributed by atoms with Crippen LogP contribution in [0.1, 0.15) is 374 Å². The fourth-order valence-electron chi connectivity index (χ4n) is 10.3. The summed E-state index contributed by atoms with van der Waals surface area (Å²) >= 11 is 0. The average molecular weight is 1090 g/mol. The Labute approximate surface area is 486 Å². The summed E-state index contributed by atoms with van der Waals surface area (Å²) in [6.45, 7) is 6.68. The first-order valence-electron chi connectivity index (χ1n) is 34.6. The molecule has 0 aliphatic heterocycles. The van der Waals surface area contributed by atoms with Crippen molar-refractivity contribution in [2.45, 2.75) is 380 Å². The largest absolute Gasteiger partial charge is 0.462 e. The maximum atomic E-state index is 12.9. The van der Waals surface area contributed by atoms with Gasteiger partial charge in [0.2, 0.25) is 0 Å². The van der Waals surface area contributed by atoms with Crippen molar-refractivity contribution in [1.82, 2.24) is 0 Å². The highest BCUT2D eigenvalue weighted by Crippen LogP contribution is 2.18. The van der Waals surface area contributed by atoms with Crippen LogP contribution in [0.25, 0.3) is 0 Å². The van der Waals surface area contributed by atoms with Crippen molar-refractivity contribution in [2.75, 3.05) is 13.2 Å². The van der Waals surface area contributed by atoms with E-state index in [0.29, 0.717) is 19.3 Å². The van der Waals surface area contributed by atoms with E-state index in [-0.39, 0.29) is 31.1 Å². The molecule has 0 aliphatic rings. The van der Waals surface area contributed by atoms with Crippen LogP contribution in [0.5, 0.6) is 0 Å². The zero-order valence-electron chi connectivity index (χ0n) is 52.5. The van der Waals surface area contributed by atoms with E-state index in [2.05, 4.69) is 69.4 Å². The van der Waals surface area contributed by atoms with Gasteiger partial charge in [-0.2, -0.15) is 0 Å². The molecular formula is C72H132O6. The molecule has 456 valence electrons. The third kappa shape index (κ3) is 64.2. The van der Waals surface area contributed by atoms with Gasteiger partial charge in [-0.15, -0.1) is 0 Å². The minimum absolute atomic E-state index is 0.0714. The van der Waals surface area contributed by atoms with Gasteiger partial charge >= 0.3 is 17.9 Å². The van der Waals surface area contributed by atoms with Crippen molar-refractivity contribution in [1.29, 1.82) is 0 Å². The number of allylic oxidation sites excluding steroid dienone is 8. The fraction of sp³-hybridized carbons (Fsp3) is 0.847. The second-order valence-corrected chi connectivity index (χ2v) is 23.4. The predicted octanol–water partition coefficient (Wildman–Crippen LogP) is 23.7. The van der Waals surface area contributed by atoms with Crippen LogP contribution in [0.2, 0.25) is 0 Å². The maximum Gasteiger partial charge on any atom is 0.306 e. The summed E-state index contributed by atoms with van der Waals surface area (Å²) in [7, 11) is 0. The van der Waals surface area contributed by atoms with E-state index >= 15 is 0 Å². The second-order valence-electron chi connectivity index (χ2n) is 23.4. The van der Waals surface area contributed by atoms with Gasteiger partial charge in [0.1, 0.15) is 13.2 Å². The maximum absolute atomic E-state index is 12.9. The summed E-state index contributed by atoms with van der Waals surface area (Å²) in [4.78, 5) is 38.4. The molecule has 78 heavy (non-hydrogen) atoms. The number of carbonyl (C=O) groups is 3. The van der Waals surface area contributed by atoms with Gasteiger partial charge in [0, 0.05) is 19.3 Å². The van der Waals surface area contributed by atoms with Gasteiger partial charge in [0.25, 0.3) is 0 Å². The van der Waals surface area contributed by atoms with Gasteiger partial charge in [-0.1, -0.05) is 320 Å². The number of hydrogen-bond donors (Lipinski definition) is 0. The van der Waals surface area contributed by atoms with E-state index < -0.39 is 6.10 Å². The smallest absolute Gasteiger partial charge is 0.306 e. The van der Waals surface area contributed by atoms with Crippen molar-refractivity contribution in [3.05, 3.63) is 48.6 Å². The molecule has 0 aromatic rings. The molecule has 0 heterocycles. The quantitative estimate of drug-likeness (QED) is 0.0261. The van der Waals surface area contributed by atoms with E-state index in [0.717, 1.165) is 77.0 Å². The molecule has 0 aromatic carbocycles. The number of esters is 3. The van der Waals surface area contributed by atoms with Crippen LogP contribution in [0, 0.1) is 0 Å². The summed E-state index contributed by atoms with van der Waals surface area (Å²) in [5.74, 6) is -0.855. The normalized spacial score (nSPS) is 12.3. The minimum Gasteiger partial charge on any atom is -0.462 e. The number of rotatable bonds is 64. The number of hydrogen-bond acceptors (Lipinski definition) is 6. The van der Waals surface area contributed by atoms with Crippen LogP contribution in [0.4, 0.5) is 0 Å². The van der Waals surface area contributed by atoms with E-state index in [1.807, 2.05) is 0 Å². The first-order chi connectivity index (χ1) is 38.5. The van der Waals surface area contributed by atoms with Crippen molar-refractivity contribution in [2.24, 2.45) is 0 Å². The molecule has 0 saturated heterocycles. The molecule has 0 amide bonds. The highest BCUT2D eigenvalue weighted by molar-refractivity contribution is 5.71. The predicted molar refractivity (Wildman–Crippen MR) is 339 cm³/mol. The molecule has 0 fully saturated rings. The molecule has 0 radical (unpaired) electrons. The first-order valence-corrected chi connectivity index (χ1v) is 34.6. The lowest BCUT2D eigenvalue weighted by Gasteiger charge is -2.18. The van der Waals surface area contributed by atoms with E-state index in [9.17, 15) is 14.4 Å². The number of carbonyl (C=O) groups excluding carboxylic acids is 3. The third-order valence-corrected chi connectivity index (χ3v) is 15.6. The van der Waals surface area contributed by atoms with Crippen molar-refractivity contribution >= 4 is 17.9 Å². The van der Waals surface area contributed by atoms with E-state index in [4.69, 9.17) is 14.2 Å². The summed E-state index contributed by atoms with van der Waals surface area (Å²) in [6, 6.07) is 0. The van der Waals surface area contributed by atoms with Crippen LogP contribution in [-0.2, 0) is 28.6 Å². The van der Waals surface area contributed by atoms with Crippen LogP contribution < -0.4 is 0 Å². The van der Waals surface area contributed by atoms with Crippen LogP contribution in [-0.4, -0.2) is 37.2 Å². The molecule has 0 aliphatic carbocycles. The molecular weight excluding hydrogens is 961 g/mol. The lowest BCUT2D eigenvalue weighted by Crippen LogP contribution is -2.30. The van der Waals surface area contributed by atoms with Gasteiger partial charge in [-0.3, -0.25) is 14.4 Å². The Hall–Kier alpha value is -2.63. The average Bonchev–Trinajstić information content (AvgIpc) is 3.44. The molecule has 0 saturated carbocycles. The Bertz CT molecular complexity index is 1350. The highest BCUT2D eigenvalue weighted by Gasteiger charge is 2.19. The second kappa shape index (κ2) is 66.9. The molecule has 1 unspecified atom stereocenters. The van der Waals surface area contributed by atoms with Gasteiger partial charge in [-0.05, 0) is 83.5 Å². The Morgan fingerprint density at radius 2 is 0.462 bits per heavy atom. The Morgan fingerprint density at radius 3 is 0.731 bits per heavy atom. The van der Waals surface area contributed by atoms with Crippen molar-refractivity contribution in [3.8, 4) is 0 Å². The zero-order chi connectivity index (χ0) is 56.4. The SMILES string of the molecule is CCCCCCC/C=C\C/C=C\C/C=C\CCCCCCCCCCC(=O)OCC(COC(=O)CCCCCCCCCCCCCCCC)OC(=O)CCCCCCCCCCCCC/C=C\CCCCCCCCCC. The molecule has 1 atom stereocenters. The van der Waals surface area contributed by atoms with Gasteiger partial charge in [0.15, 0.2) is 6.10 Å². The lowest BCUT2D eigenvalue weighted by molar-refractivity contribution is -0.167. The molecule has 0 spiro atoms.